The molecule has 0 aliphatic heterocycles. The van der Waals surface area contributed by atoms with E-state index in [-0.39, 0.29) is 0 Å². The molecule has 1 rings (SSSR count). The van der Waals surface area contributed by atoms with Crippen LogP contribution in [-0.4, -0.2) is 10.7 Å². The van der Waals surface area contributed by atoms with Gasteiger partial charge in [-0.2, -0.15) is 0 Å². The van der Waals surface area contributed by atoms with Crippen LogP contribution in [0.25, 0.3) is 0 Å². The van der Waals surface area contributed by atoms with Gasteiger partial charge in [0.2, 0.25) is 0 Å². The van der Waals surface area contributed by atoms with E-state index < -0.39 is 5.60 Å². The Kier molecular flexibility index (Phi) is 3.61. The second-order valence-electron chi connectivity index (χ2n) is 5.23. The van der Waals surface area contributed by atoms with Gasteiger partial charge in [-0.15, -0.1) is 12.3 Å². The molecular formula is C13H22O. The van der Waals surface area contributed by atoms with Gasteiger partial charge in [0, 0.05) is 6.42 Å². The molecule has 0 saturated heterocycles. The summed E-state index contributed by atoms with van der Waals surface area (Å²) in [6.45, 7) is 6.78. The van der Waals surface area contributed by atoms with Crippen molar-refractivity contribution in [2.24, 2.45) is 17.8 Å². The summed E-state index contributed by atoms with van der Waals surface area (Å²) in [6.07, 6.45) is 8.67. The molecule has 0 radical (unpaired) electrons. The lowest BCUT2D eigenvalue weighted by Gasteiger charge is -2.41. The third-order valence-corrected chi connectivity index (χ3v) is 3.66. The van der Waals surface area contributed by atoms with Crippen LogP contribution in [0.5, 0.6) is 0 Å². The van der Waals surface area contributed by atoms with E-state index >= 15 is 0 Å². The van der Waals surface area contributed by atoms with Gasteiger partial charge in [-0.25, -0.2) is 0 Å². The maximum Gasteiger partial charge on any atom is 0.0759 e. The molecule has 14 heavy (non-hydrogen) atoms. The van der Waals surface area contributed by atoms with Crippen molar-refractivity contribution in [1.29, 1.82) is 0 Å². The molecule has 0 aromatic rings. The Hall–Kier alpha value is -0.480. The molecule has 0 aromatic heterocycles. The van der Waals surface area contributed by atoms with Crippen molar-refractivity contribution in [3.8, 4) is 12.3 Å². The van der Waals surface area contributed by atoms with Gasteiger partial charge in [0.15, 0.2) is 0 Å². The Labute approximate surface area is 87.9 Å². The standard InChI is InChI=1S/C13H22O/c1-5-7-13(14)8-6-12(10(2)3)11(4)9-13/h1,10-12,14H,6-9H2,2-4H3. The summed E-state index contributed by atoms with van der Waals surface area (Å²) < 4.78 is 0. The largest absolute Gasteiger partial charge is 0.389 e. The molecule has 0 aromatic carbocycles. The minimum absolute atomic E-state index is 0.516. The van der Waals surface area contributed by atoms with Crippen LogP contribution in [0.4, 0.5) is 0 Å². The highest BCUT2D eigenvalue weighted by Gasteiger charge is 2.37. The fourth-order valence-electron chi connectivity index (χ4n) is 2.91. The van der Waals surface area contributed by atoms with Crippen LogP contribution in [0.1, 0.15) is 46.5 Å². The summed E-state index contributed by atoms with van der Waals surface area (Å²) in [5.74, 6) is 4.67. The summed E-state index contributed by atoms with van der Waals surface area (Å²) in [4.78, 5) is 0. The Morgan fingerprint density at radius 3 is 2.64 bits per heavy atom. The first-order chi connectivity index (χ1) is 6.48. The molecule has 0 amide bonds. The Balaban J connectivity index is 2.59. The first kappa shape index (κ1) is 11.6. The van der Waals surface area contributed by atoms with Crippen LogP contribution in [0.2, 0.25) is 0 Å². The number of aliphatic hydroxyl groups is 1. The van der Waals surface area contributed by atoms with Crippen molar-refractivity contribution in [1.82, 2.24) is 0 Å². The van der Waals surface area contributed by atoms with E-state index in [0.29, 0.717) is 12.3 Å². The van der Waals surface area contributed by atoms with Gasteiger partial charge in [0.25, 0.3) is 0 Å². The lowest BCUT2D eigenvalue weighted by Crippen LogP contribution is -2.39. The zero-order valence-electron chi connectivity index (χ0n) is 9.59. The van der Waals surface area contributed by atoms with Crippen LogP contribution in [0, 0.1) is 30.1 Å². The Morgan fingerprint density at radius 1 is 1.57 bits per heavy atom. The van der Waals surface area contributed by atoms with Crippen molar-refractivity contribution in [2.45, 2.75) is 52.1 Å². The maximum absolute atomic E-state index is 10.2. The van der Waals surface area contributed by atoms with Crippen LogP contribution in [0.15, 0.2) is 0 Å². The zero-order valence-corrected chi connectivity index (χ0v) is 9.59. The lowest BCUT2D eigenvalue weighted by molar-refractivity contribution is -0.0350. The summed E-state index contributed by atoms with van der Waals surface area (Å²) in [5.41, 5.74) is -0.570. The van der Waals surface area contributed by atoms with E-state index in [9.17, 15) is 5.11 Å². The van der Waals surface area contributed by atoms with E-state index in [2.05, 4.69) is 26.7 Å². The molecule has 1 fully saturated rings. The van der Waals surface area contributed by atoms with Gasteiger partial charge in [-0.1, -0.05) is 20.8 Å². The summed E-state index contributed by atoms with van der Waals surface area (Å²) >= 11 is 0. The minimum Gasteiger partial charge on any atom is -0.389 e. The van der Waals surface area contributed by atoms with E-state index in [0.717, 1.165) is 31.1 Å². The van der Waals surface area contributed by atoms with Crippen molar-refractivity contribution >= 4 is 0 Å². The predicted octanol–water partition coefficient (Wildman–Crippen LogP) is 2.83. The van der Waals surface area contributed by atoms with E-state index in [4.69, 9.17) is 6.42 Å². The fraction of sp³-hybridized carbons (Fsp3) is 0.846. The average Bonchev–Trinajstić information content (AvgIpc) is 2.02. The Bertz CT molecular complexity index is 226. The molecule has 3 unspecified atom stereocenters. The van der Waals surface area contributed by atoms with Crippen molar-refractivity contribution in [3.63, 3.8) is 0 Å². The minimum atomic E-state index is -0.570. The number of terminal acetylenes is 1. The summed E-state index contributed by atoms with van der Waals surface area (Å²) in [7, 11) is 0. The quantitative estimate of drug-likeness (QED) is 0.670. The van der Waals surface area contributed by atoms with Crippen molar-refractivity contribution in [2.75, 3.05) is 0 Å². The zero-order chi connectivity index (χ0) is 10.8. The highest BCUT2D eigenvalue weighted by atomic mass is 16.3. The summed E-state index contributed by atoms with van der Waals surface area (Å²) in [5, 5.41) is 10.2. The molecule has 0 heterocycles. The topological polar surface area (TPSA) is 20.2 Å². The molecule has 1 nitrogen and oxygen atoms in total. The molecule has 1 aliphatic carbocycles. The molecule has 1 N–H and O–H groups in total. The van der Waals surface area contributed by atoms with Crippen molar-refractivity contribution in [3.05, 3.63) is 0 Å². The normalized spacial score (nSPS) is 38.3. The molecule has 80 valence electrons. The maximum atomic E-state index is 10.2. The highest BCUT2D eigenvalue weighted by molar-refractivity contribution is 4.99. The SMILES string of the molecule is C#CCC1(O)CCC(C(C)C)C(C)C1. The molecule has 1 saturated carbocycles. The molecule has 0 bridgehead atoms. The number of hydrogen-bond donors (Lipinski definition) is 1. The second-order valence-corrected chi connectivity index (χ2v) is 5.23. The first-order valence-corrected chi connectivity index (χ1v) is 5.64. The molecular weight excluding hydrogens is 172 g/mol. The van der Waals surface area contributed by atoms with Crippen LogP contribution in [0.3, 0.4) is 0 Å². The van der Waals surface area contributed by atoms with Gasteiger partial charge in [0.1, 0.15) is 0 Å². The summed E-state index contributed by atoms with van der Waals surface area (Å²) in [6, 6.07) is 0. The van der Waals surface area contributed by atoms with Crippen LogP contribution >= 0.6 is 0 Å². The fourth-order valence-corrected chi connectivity index (χ4v) is 2.91. The van der Waals surface area contributed by atoms with Crippen molar-refractivity contribution < 1.29 is 5.11 Å². The lowest BCUT2D eigenvalue weighted by atomic mass is 9.68. The van der Waals surface area contributed by atoms with Crippen LogP contribution in [-0.2, 0) is 0 Å². The molecule has 0 spiro atoms. The molecule has 1 aliphatic rings. The van der Waals surface area contributed by atoms with E-state index in [1.807, 2.05) is 0 Å². The third-order valence-electron chi connectivity index (χ3n) is 3.66. The predicted molar refractivity (Wildman–Crippen MR) is 59.7 cm³/mol. The average molecular weight is 194 g/mol. The van der Waals surface area contributed by atoms with E-state index in [1.165, 1.54) is 0 Å². The Morgan fingerprint density at radius 2 is 2.21 bits per heavy atom. The van der Waals surface area contributed by atoms with E-state index in [1.54, 1.807) is 0 Å². The van der Waals surface area contributed by atoms with Gasteiger partial charge < -0.3 is 5.11 Å². The van der Waals surface area contributed by atoms with Gasteiger partial charge >= 0.3 is 0 Å². The first-order valence-electron chi connectivity index (χ1n) is 5.64. The molecule has 1 heteroatoms. The number of hydrogen-bond acceptors (Lipinski definition) is 1. The monoisotopic (exact) mass is 194 g/mol. The van der Waals surface area contributed by atoms with Gasteiger partial charge in [-0.3, -0.25) is 0 Å². The highest BCUT2D eigenvalue weighted by Crippen LogP contribution is 2.41. The van der Waals surface area contributed by atoms with Gasteiger partial charge in [0.05, 0.1) is 5.60 Å². The third kappa shape index (κ3) is 2.51. The van der Waals surface area contributed by atoms with Gasteiger partial charge in [-0.05, 0) is 37.0 Å². The molecule has 3 atom stereocenters. The second kappa shape index (κ2) is 4.36. The smallest absolute Gasteiger partial charge is 0.0759 e. The van der Waals surface area contributed by atoms with Crippen LogP contribution < -0.4 is 0 Å². The number of rotatable bonds is 2.